The fraction of sp³-hybridized carbons (Fsp3) is 0.550. The molecule has 0 radical (unpaired) electrons. The molecule has 0 saturated carbocycles. The van der Waals surface area contributed by atoms with Crippen LogP contribution in [0.25, 0.3) is 5.57 Å². The highest BCUT2D eigenvalue weighted by Gasteiger charge is 2.25. The van der Waals surface area contributed by atoms with E-state index in [-0.39, 0.29) is 5.91 Å². The SMILES string of the molecule is CC1(C)CC=C(c2cc(C3CCNCC3)ccc2C(N)=O)CC1. The van der Waals surface area contributed by atoms with E-state index in [1.54, 1.807) is 0 Å². The Bertz CT molecular complexity index is 625. The number of amides is 1. The second-order valence-corrected chi connectivity index (χ2v) is 7.79. The molecule has 3 heteroatoms. The Morgan fingerprint density at radius 2 is 2.00 bits per heavy atom. The van der Waals surface area contributed by atoms with E-state index in [1.165, 1.54) is 24.0 Å². The minimum atomic E-state index is -0.317. The predicted octanol–water partition coefficient (Wildman–Crippen LogP) is 3.85. The third-order valence-corrected chi connectivity index (χ3v) is 5.44. The molecule has 3 N–H and O–H groups in total. The maximum absolute atomic E-state index is 11.9. The Morgan fingerprint density at radius 3 is 2.61 bits per heavy atom. The van der Waals surface area contributed by atoms with Crippen molar-refractivity contribution in [2.45, 2.75) is 51.9 Å². The lowest BCUT2D eigenvalue weighted by Crippen LogP contribution is -2.26. The number of benzene rings is 1. The summed E-state index contributed by atoms with van der Waals surface area (Å²) in [7, 11) is 0. The number of primary amides is 1. The summed E-state index contributed by atoms with van der Waals surface area (Å²) in [5.41, 5.74) is 10.4. The minimum Gasteiger partial charge on any atom is -0.366 e. The molecule has 1 saturated heterocycles. The lowest BCUT2D eigenvalue weighted by Gasteiger charge is -2.30. The number of nitrogens with two attached hydrogens (primary N) is 1. The average molecular weight is 312 g/mol. The van der Waals surface area contributed by atoms with Crippen LogP contribution in [-0.4, -0.2) is 19.0 Å². The number of nitrogens with one attached hydrogen (secondary N) is 1. The van der Waals surface area contributed by atoms with Gasteiger partial charge in [-0.2, -0.15) is 0 Å². The number of carbonyl (C=O) groups is 1. The Balaban J connectivity index is 1.95. The molecule has 1 aliphatic carbocycles. The molecule has 0 spiro atoms. The van der Waals surface area contributed by atoms with Crippen molar-refractivity contribution in [3.63, 3.8) is 0 Å². The lowest BCUT2D eigenvalue weighted by molar-refractivity contribution is 0.1000. The van der Waals surface area contributed by atoms with E-state index in [1.807, 2.05) is 6.07 Å². The van der Waals surface area contributed by atoms with Gasteiger partial charge < -0.3 is 11.1 Å². The van der Waals surface area contributed by atoms with Crippen LogP contribution in [0.4, 0.5) is 0 Å². The van der Waals surface area contributed by atoms with E-state index in [2.05, 4.69) is 37.4 Å². The molecule has 3 rings (SSSR count). The summed E-state index contributed by atoms with van der Waals surface area (Å²) in [6.45, 7) is 6.77. The normalized spacial score (nSPS) is 21.7. The van der Waals surface area contributed by atoms with E-state index in [0.717, 1.165) is 37.9 Å². The van der Waals surface area contributed by atoms with Crippen molar-refractivity contribution in [2.75, 3.05) is 13.1 Å². The largest absolute Gasteiger partial charge is 0.366 e. The molecular formula is C20H28N2O. The molecule has 1 aromatic carbocycles. The first kappa shape index (κ1) is 16.3. The summed E-state index contributed by atoms with van der Waals surface area (Å²) >= 11 is 0. The summed E-state index contributed by atoms with van der Waals surface area (Å²) in [5.74, 6) is 0.278. The molecule has 124 valence electrons. The van der Waals surface area contributed by atoms with Gasteiger partial charge in [-0.3, -0.25) is 4.79 Å². The zero-order valence-corrected chi connectivity index (χ0v) is 14.3. The van der Waals surface area contributed by atoms with Crippen molar-refractivity contribution in [3.8, 4) is 0 Å². The quantitative estimate of drug-likeness (QED) is 0.891. The number of hydrogen-bond acceptors (Lipinski definition) is 2. The van der Waals surface area contributed by atoms with E-state index in [4.69, 9.17) is 5.73 Å². The fourth-order valence-electron chi connectivity index (χ4n) is 3.77. The van der Waals surface area contributed by atoms with Gasteiger partial charge in [-0.05, 0) is 79.3 Å². The van der Waals surface area contributed by atoms with Gasteiger partial charge in [0.1, 0.15) is 0 Å². The van der Waals surface area contributed by atoms with Gasteiger partial charge in [0.05, 0.1) is 0 Å². The monoisotopic (exact) mass is 312 g/mol. The Hall–Kier alpha value is -1.61. The molecule has 0 aromatic heterocycles. The molecule has 3 nitrogen and oxygen atoms in total. The maximum atomic E-state index is 11.9. The van der Waals surface area contributed by atoms with Crippen LogP contribution in [0.1, 0.15) is 73.4 Å². The molecule has 1 aliphatic heterocycles. The molecule has 23 heavy (non-hydrogen) atoms. The van der Waals surface area contributed by atoms with Crippen molar-refractivity contribution in [1.82, 2.24) is 5.32 Å². The van der Waals surface area contributed by atoms with Crippen LogP contribution < -0.4 is 11.1 Å². The zero-order chi connectivity index (χ0) is 16.4. The smallest absolute Gasteiger partial charge is 0.249 e. The molecule has 0 atom stereocenters. The van der Waals surface area contributed by atoms with Gasteiger partial charge >= 0.3 is 0 Å². The topological polar surface area (TPSA) is 55.1 Å². The summed E-state index contributed by atoms with van der Waals surface area (Å²) in [5, 5.41) is 3.42. The van der Waals surface area contributed by atoms with Gasteiger partial charge in [0.2, 0.25) is 5.91 Å². The van der Waals surface area contributed by atoms with Crippen molar-refractivity contribution < 1.29 is 4.79 Å². The summed E-state index contributed by atoms with van der Waals surface area (Å²) < 4.78 is 0. The van der Waals surface area contributed by atoms with Crippen molar-refractivity contribution in [1.29, 1.82) is 0 Å². The van der Waals surface area contributed by atoms with Crippen LogP contribution in [0.3, 0.4) is 0 Å². The predicted molar refractivity (Wildman–Crippen MR) is 95.4 cm³/mol. The van der Waals surface area contributed by atoms with Gasteiger partial charge in [0, 0.05) is 5.56 Å². The second-order valence-electron chi connectivity index (χ2n) is 7.79. The maximum Gasteiger partial charge on any atom is 0.249 e. The minimum absolute atomic E-state index is 0.317. The second kappa shape index (κ2) is 6.48. The standard InChI is InChI=1S/C20H28N2O/c1-20(2)9-5-15(6-10-20)18-13-16(3-4-17(18)19(21)23)14-7-11-22-12-8-14/h3-5,13-14,22H,6-12H2,1-2H3,(H2,21,23). The number of rotatable bonds is 3. The zero-order valence-electron chi connectivity index (χ0n) is 14.3. The molecule has 1 amide bonds. The number of allylic oxidation sites excluding steroid dienone is 2. The van der Waals surface area contributed by atoms with Gasteiger partial charge in [0.15, 0.2) is 0 Å². The van der Waals surface area contributed by atoms with Crippen LogP contribution in [0, 0.1) is 5.41 Å². The summed E-state index contributed by atoms with van der Waals surface area (Å²) in [6, 6.07) is 6.28. The van der Waals surface area contributed by atoms with Gasteiger partial charge in [0.25, 0.3) is 0 Å². The molecule has 1 aromatic rings. The molecule has 1 heterocycles. The van der Waals surface area contributed by atoms with Crippen molar-refractivity contribution in [3.05, 3.63) is 41.0 Å². The van der Waals surface area contributed by atoms with Gasteiger partial charge in [-0.1, -0.05) is 32.1 Å². The molecular weight excluding hydrogens is 284 g/mol. The first-order valence-corrected chi connectivity index (χ1v) is 8.80. The van der Waals surface area contributed by atoms with Crippen LogP contribution >= 0.6 is 0 Å². The van der Waals surface area contributed by atoms with Gasteiger partial charge in [-0.25, -0.2) is 0 Å². The average Bonchev–Trinajstić information content (AvgIpc) is 2.55. The Morgan fingerprint density at radius 1 is 1.26 bits per heavy atom. The Labute approximate surface area is 139 Å². The van der Waals surface area contributed by atoms with Crippen LogP contribution in [-0.2, 0) is 0 Å². The third-order valence-electron chi connectivity index (χ3n) is 5.44. The van der Waals surface area contributed by atoms with Gasteiger partial charge in [-0.15, -0.1) is 0 Å². The molecule has 0 unspecified atom stereocenters. The van der Waals surface area contributed by atoms with Crippen LogP contribution in [0.2, 0.25) is 0 Å². The first-order valence-electron chi connectivity index (χ1n) is 8.80. The van der Waals surface area contributed by atoms with Crippen molar-refractivity contribution in [2.24, 2.45) is 11.1 Å². The molecule has 0 bridgehead atoms. The van der Waals surface area contributed by atoms with E-state index >= 15 is 0 Å². The number of carbonyl (C=O) groups excluding carboxylic acids is 1. The van der Waals surface area contributed by atoms with Crippen molar-refractivity contribution >= 4 is 11.5 Å². The van der Waals surface area contributed by atoms with E-state index in [9.17, 15) is 4.79 Å². The highest BCUT2D eigenvalue weighted by molar-refractivity contribution is 5.98. The Kier molecular flexibility index (Phi) is 4.58. The van der Waals surface area contributed by atoms with Crippen LogP contribution in [0.15, 0.2) is 24.3 Å². The van der Waals surface area contributed by atoms with E-state index in [0.29, 0.717) is 16.9 Å². The summed E-state index contributed by atoms with van der Waals surface area (Å²) in [4.78, 5) is 11.9. The summed E-state index contributed by atoms with van der Waals surface area (Å²) in [6.07, 6.45) is 7.91. The molecule has 2 aliphatic rings. The highest BCUT2D eigenvalue weighted by Crippen LogP contribution is 2.39. The van der Waals surface area contributed by atoms with Crippen LogP contribution in [0.5, 0.6) is 0 Å². The third kappa shape index (κ3) is 3.66. The van der Waals surface area contributed by atoms with E-state index < -0.39 is 0 Å². The highest BCUT2D eigenvalue weighted by atomic mass is 16.1. The fourth-order valence-corrected chi connectivity index (χ4v) is 3.77. The lowest BCUT2D eigenvalue weighted by atomic mass is 9.76. The first-order chi connectivity index (χ1) is 11.0. The number of hydrogen-bond donors (Lipinski definition) is 2. The number of piperidine rings is 1. The molecule has 1 fully saturated rings.